The quantitative estimate of drug-likeness (QED) is 0.357. The monoisotopic (exact) mass is 451 g/mol. The van der Waals surface area contributed by atoms with Crippen LogP contribution in [0.4, 0.5) is 17.1 Å². The maximum atomic E-state index is 13.1. The number of carbonyl (C=O) groups is 2. The lowest BCUT2D eigenvalue weighted by molar-refractivity contribution is -0.123. The fourth-order valence-corrected chi connectivity index (χ4v) is 4.11. The Bertz CT molecular complexity index is 959. The molecule has 0 saturated carbocycles. The molecule has 4 rings (SSSR count). The van der Waals surface area contributed by atoms with Crippen LogP contribution in [0.3, 0.4) is 0 Å². The molecule has 0 spiro atoms. The summed E-state index contributed by atoms with van der Waals surface area (Å²) in [6, 6.07) is 16.0. The summed E-state index contributed by atoms with van der Waals surface area (Å²) in [5.74, 6) is -0.345. The molecule has 2 aromatic rings. The molecule has 2 amide bonds. The van der Waals surface area contributed by atoms with E-state index in [-0.39, 0.29) is 24.8 Å². The number of aliphatic hydroxyl groups is 1. The van der Waals surface area contributed by atoms with Gasteiger partial charge in [-0.05, 0) is 36.4 Å². The molecule has 9 heteroatoms. The fourth-order valence-electron chi connectivity index (χ4n) is 4.11. The molecule has 2 aliphatic heterocycles. The van der Waals surface area contributed by atoms with Crippen molar-refractivity contribution in [2.24, 2.45) is 10.2 Å². The Morgan fingerprint density at radius 2 is 1.55 bits per heavy atom. The van der Waals surface area contributed by atoms with E-state index in [2.05, 4.69) is 20.0 Å². The van der Waals surface area contributed by atoms with Gasteiger partial charge in [0, 0.05) is 32.7 Å². The average Bonchev–Trinajstić information content (AvgIpc) is 3.15. The van der Waals surface area contributed by atoms with E-state index >= 15 is 0 Å². The van der Waals surface area contributed by atoms with Gasteiger partial charge in [0.15, 0.2) is 0 Å². The van der Waals surface area contributed by atoms with Gasteiger partial charge in [-0.3, -0.25) is 19.4 Å². The number of amides is 2. The summed E-state index contributed by atoms with van der Waals surface area (Å²) in [5.41, 5.74) is 1.97. The molecule has 2 aromatic carbocycles. The van der Waals surface area contributed by atoms with Crippen molar-refractivity contribution in [1.29, 1.82) is 0 Å². The van der Waals surface area contributed by atoms with E-state index in [1.165, 1.54) is 4.90 Å². The van der Waals surface area contributed by atoms with Crippen LogP contribution in [0, 0.1) is 0 Å². The zero-order chi connectivity index (χ0) is 23.0. The highest BCUT2D eigenvalue weighted by Gasteiger charge is 2.43. The molecule has 9 nitrogen and oxygen atoms in total. The fraction of sp³-hybridized carbons (Fsp3) is 0.417. The van der Waals surface area contributed by atoms with Crippen molar-refractivity contribution in [3.05, 3.63) is 54.6 Å². The molecule has 33 heavy (non-hydrogen) atoms. The molecule has 2 heterocycles. The summed E-state index contributed by atoms with van der Waals surface area (Å²) in [7, 11) is 0. The first-order chi connectivity index (χ1) is 16.2. The van der Waals surface area contributed by atoms with Gasteiger partial charge in [-0.2, -0.15) is 10.2 Å². The van der Waals surface area contributed by atoms with Crippen LogP contribution in [0.5, 0.6) is 0 Å². The summed E-state index contributed by atoms with van der Waals surface area (Å²) in [6.45, 7) is 4.87. The molecule has 0 bridgehead atoms. The Morgan fingerprint density at radius 1 is 0.879 bits per heavy atom. The number of rotatable bonds is 9. The van der Waals surface area contributed by atoms with Gasteiger partial charge in [-0.15, -0.1) is 0 Å². The lowest BCUT2D eigenvalue weighted by Crippen LogP contribution is -2.53. The zero-order valence-electron chi connectivity index (χ0n) is 18.5. The topological polar surface area (TPSA) is 98.0 Å². The highest BCUT2D eigenvalue weighted by atomic mass is 16.5. The third-order valence-electron chi connectivity index (χ3n) is 5.90. The van der Waals surface area contributed by atoms with Crippen molar-refractivity contribution in [3.8, 4) is 0 Å². The van der Waals surface area contributed by atoms with E-state index in [9.17, 15) is 9.59 Å². The number of nitrogens with zero attached hydrogens (tertiary/aromatic N) is 5. The minimum atomic E-state index is -0.414. The molecule has 1 N–H and O–H groups in total. The van der Waals surface area contributed by atoms with E-state index in [0.717, 1.165) is 38.4 Å². The maximum Gasteiger partial charge on any atom is 0.251 e. The third kappa shape index (κ3) is 5.88. The van der Waals surface area contributed by atoms with Crippen LogP contribution < -0.4 is 4.90 Å². The number of aliphatic hydroxyl groups excluding tert-OH is 1. The van der Waals surface area contributed by atoms with E-state index in [0.29, 0.717) is 24.6 Å². The van der Waals surface area contributed by atoms with E-state index in [1.54, 1.807) is 24.3 Å². The number of azo groups is 1. The summed E-state index contributed by atoms with van der Waals surface area (Å²) in [4.78, 5) is 31.5. The van der Waals surface area contributed by atoms with Gasteiger partial charge in [0.25, 0.3) is 5.91 Å². The number of hydrogen-bond donors (Lipinski definition) is 1. The normalized spacial score (nSPS) is 20.3. The average molecular weight is 452 g/mol. The molecule has 2 fully saturated rings. The van der Waals surface area contributed by atoms with Crippen LogP contribution >= 0.6 is 0 Å². The number of ether oxygens (including phenoxy) is 1. The lowest BCUT2D eigenvalue weighted by atomic mass is 10.1. The summed E-state index contributed by atoms with van der Waals surface area (Å²) < 4.78 is 5.33. The van der Waals surface area contributed by atoms with Crippen molar-refractivity contribution in [2.75, 3.05) is 57.4 Å². The molecule has 2 aliphatic rings. The minimum Gasteiger partial charge on any atom is -0.394 e. The second-order valence-corrected chi connectivity index (χ2v) is 8.05. The van der Waals surface area contributed by atoms with Gasteiger partial charge >= 0.3 is 0 Å². The molecule has 2 saturated heterocycles. The number of carbonyl (C=O) groups excluding carboxylic acids is 2. The standard InChI is InChI=1S/C24H29N5O4/c30-15-17-33-16-14-27-10-12-28(13-11-27)22-18-23(31)29(24(22)32)21-8-6-20(7-9-21)26-25-19-4-2-1-3-5-19/h1-9,22,30H,10-18H2/t22-/m0/s1. The van der Waals surface area contributed by atoms with Crippen molar-refractivity contribution in [2.45, 2.75) is 12.5 Å². The Labute approximate surface area is 193 Å². The predicted octanol–water partition coefficient (Wildman–Crippen LogP) is 2.36. The summed E-state index contributed by atoms with van der Waals surface area (Å²) in [6.07, 6.45) is 0.202. The first kappa shape index (κ1) is 23.2. The number of hydrogen-bond acceptors (Lipinski definition) is 8. The van der Waals surface area contributed by atoms with Gasteiger partial charge in [0.05, 0.1) is 49.3 Å². The smallest absolute Gasteiger partial charge is 0.251 e. The van der Waals surface area contributed by atoms with E-state index in [1.807, 2.05) is 30.3 Å². The van der Waals surface area contributed by atoms with Crippen LogP contribution in [0.25, 0.3) is 0 Å². The second-order valence-electron chi connectivity index (χ2n) is 8.05. The van der Waals surface area contributed by atoms with Crippen LogP contribution in [0.1, 0.15) is 6.42 Å². The Balaban J connectivity index is 1.32. The third-order valence-corrected chi connectivity index (χ3v) is 5.90. The molecule has 0 aromatic heterocycles. The molecule has 1 atom stereocenters. The van der Waals surface area contributed by atoms with Crippen molar-refractivity contribution < 1.29 is 19.4 Å². The predicted molar refractivity (Wildman–Crippen MR) is 124 cm³/mol. The molecule has 0 aliphatic carbocycles. The SMILES string of the molecule is O=C1C[C@H](N2CCN(CCOCCO)CC2)C(=O)N1c1ccc(N=Nc2ccccc2)cc1. The molecular formula is C24H29N5O4. The van der Waals surface area contributed by atoms with Crippen molar-refractivity contribution in [3.63, 3.8) is 0 Å². The zero-order valence-corrected chi connectivity index (χ0v) is 18.5. The number of anilines is 1. The maximum absolute atomic E-state index is 13.1. The molecule has 0 radical (unpaired) electrons. The largest absolute Gasteiger partial charge is 0.394 e. The number of imide groups is 1. The van der Waals surface area contributed by atoms with E-state index < -0.39 is 6.04 Å². The molecular weight excluding hydrogens is 422 g/mol. The second kappa shape index (κ2) is 11.2. The van der Waals surface area contributed by atoms with Crippen molar-refractivity contribution >= 4 is 28.9 Å². The number of benzene rings is 2. The van der Waals surface area contributed by atoms with Crippen molar-refractivity contribution in [1.82, 2.24) is 9.80 Å². The lowest BCUT2D eigenvalue weighted by Gasteiger charge is -2.36. The summed E-state index contributed by atoms with van der Waals surface area (Å²) in [5, 5.41) is 17.2. The van der Waals surface area contributed by atoms with Crippen LogP contribution in [-0.2, 0) is 14.3 Å². The van der Waals surface area contributed by atoms with Gasteiger partial charge in [0.1, 0.15) is 0 Å². The first-order valence-corrected chi connectivity index (χ1v) is 11.2. The van der Waals surface area contributed by atoms with Gasteiger partial charge in [-0.1, -0.05) is 18.2 Å². The van der Waals surface area contributed by atoms with Crippen LogP contribution in [0.15, 0.2) is 64.8 Å². The van der Waals surface area contributed by atoms with Gasteiger partial charge in [-0.25, -0.2) is 4.90 Å². The van der Waals surface area contributed by atoms with Crippen LogP contribution in [-0.4, -0.2) is 85.3 Å². The Kier molecular flexibility index (Phi) is 7.90. The summed E-state index contributed by atoms with van der Waals surface area (Å²) >= 11 is 0. The molecule has 174 valence electrons. The Morgan fingerprint density at radius 3 is 2.21 bits per heavy atom. The van der Waals surface area contributed by atoms with E-state index in [4.69, 9.17) is 9.84 Å². The van der Waals surface area contributed by atoms with Gasteiger partial charge in [0.2, 0.25) is 5.91 Å². The highest BCUT2D eigenvalue weighted by molar-refractivity contribution is 6.22. The number of piperazine rings is 1. The first-order valence-electron chi connectivity index (χ1n) is 11.2. The van der Waals surface area contributed by atoms with Gasteiger partial charge < -0.3 is 9.84 Å². The Hall–Kier alpha value is -2.98. The molecule has 0 unspecified atom stereocenters. The highest BCUT2D eigenvalue weighted by Crippen LogP contribution is 2.28. The van der Waals surface area contributed by atoms with Crippen LogP contribution in [0.2, 0.25) is 0 Å². The minimum absolute atomic E-state index is 0.0304.